The van der Waals surface area contributed by atoms with Crippen molar-refractivity contribution in [3.63, 3.8) is 0 Å². The normalized spacial score (nSPS) is 11.7. The van der Waals surface area contributed by atoms with Crippen molar-refractivity contribution in [2.24, 2.45) is 0 Å². The van der Waals surface area contributed by atoms with Crippen molar-refractivity contribution in [1.29, 1.82) is 0 Å². The summed E-state index contributed by atoms with van der Waals surface area (Å²) in [6, 6.07) is 13.0. The number of anilines is 1. The van der Waals surface area contributed by atoms with Crippen LogP contribution in [0.5, 0.6) is 11.5 Å². The lowest BCUT2D eigenvalue weighted by Gasteiger charge is -2.17. The number of aromatic nitrogens is 2. The van der Waals surface area contributed by atoms with Crippen LogP contribution in [-0.2, 0) is 10.0 Å². The average molecular weight is 575 g/mol. The van der Waals surface area contributed by atoms with E-state index in [2.05, 4.69) is 19.1 Å². The van der Waals surface area contributed by atoms with Gasteiger partial charge in [0.15, 0.2) is 17.4 Å². The van der Waals surface area contributed by atoms with E-state index in [0.29, 0.717) is 5.39 Å². The van der Waals surface area contributed by atoms with Crippen LogP contribution in [0.3, 0.4) is 0 Å². The quantitative estimate of drug-likeness (QED) is 0.249. The van der Waals surface area contributed by atoms with Crippen molar-refractivity contribution in [3.05, 3.63) is 95.0 Å². The van der Waals surface area contributed by atoms with Crippen LogP contribution in [0.1, 0.15) is 0 Å². The highest BCUT2D eigenvalue weighted by Crippen LogP contribution is 2.35. The van der Waals surface area contributed by atoms with Gasteiger partial charge >= 0.3 is 6.61 Å². The summed E-state index contributed by atoms with van der Waals surface area (Å²) >= 11 is 0. The van der Waals surface area contributed by atoms with Gasteiger partial charge in [0.2, 0.25) is 0 Å². The second-order valence-corrected chi connectivity index (χ2v) is 9.93. The first-order valence-corrected chi connectivity index (χ1v) is 12.8. The highest BCUT2D eigenvalue weighted by atomic mass is 32.2. The van der Waals surface area contributed by atoms with E-state index in [1.807, 2.05) is 0 Å². The van der Waals surface area contributed by atoms with Crippen LogP contribution in [-0.4, -0.2) is 31.9 Å². The Bertz CT molecular complexity index is 1890. The smallest absolute Gasteiger partial charge is 0.387 e. The monoisotopic (exact) mass is 575 g/mol. The molecule has 0 saturated heterocycles. The van der Waals surface area contributed by atoms with Crippen LogP contribution in [0.25, 0.3) is 27.7 Å². The number of fused-ring (bicyclic) bond motifs is 1. The summed E-state index contributed by atoms with van der Waals surface area (Å²) < 4.78 is 97.8. The molecule has 2 aromatic heterocycles. The number of hydrogen-bond donors (Lipinski definition) is 1. The first kappa shape index (κ1) is 26.7. The Kier molecular flexibility index (Phi) is 6.94. The van der Waals surface area contributed by atoms with Gasteiger partial charge in [0.1, 0.15) is 17.8 Å². The number of sulfonamides is 1. The Morgan fingerprint density at radius 2 is 1.75 bits per heavy atom. The molecule has 5 aromatic rings. The molecule has 0 saturated carbocycles. The van der Waals surface area contributed by atoms with Gasteiger partial charge < -0.3 is 14.0 Å². The molecule has 0 amide bonds. The van der Waals surface area contributed by atoms with Crippen molar-refractivity contribution in [1.82, 2.24) is 9.72 Å². The molecule has 2 heterocycles. The third kappa shape index (κ3) is 5.08. The zero-order chi connectivity index (χ0) is 28.6. The van der Waals surface area contributed by atoms with Gasteiger partial charge in [0.25, 0.3) is 15.6 Å². The van der Waals surface area contributed by atoms with E-state index in [0.717, 1.165) is 22.8 Å². The minimum absolute atomic E-state index is 0.0102. The Morgan fingerprint density at radius 3 is 2.45 bits per heavy atom. The van der Waals surface area contributed by atoms with Crippen LogP contribution < -0.4 is 19.8 Å². The number of rotatable bonds is 8. The zero-order valence-electron chi connectivity index (χ0n) is 20.3. The molecule has 1 N–H and O–H groups in total. The lowest BCUT2D eigenvalue weighted by molar-refractivity contribution is -0.0521. The van der Waals surface area contributed by atoms with Crippen LogP contribution in [0.2, 0.25) is 0 Å². The highest BCUT2D eigenvalue weighted by molar-refractivity contribution is 7.92. The molecule has 5 rings (SSSR count). The fraction of sp³-hybridized carbons (Fsp3) is 0.0769. The SMILES string of the molecule is COc1cc(-c2ccc(F)c(OC(F)F)c2)c(F)cc1-n1c(=O)ccc2cc(S(=O)(=O)Nc3ccon3)ccc21. The molecule has 0 unspecified atom stereocenters. The average Bonchev–Trinajstić information content (AvgIpc) is 3.41. The summed E-state index contributed by atoms with van der Waals surface area (Å²) in [6.45, 7) is -3.29. The van der Waals surface area contributed by atoms with Crippen molar-refractivity contribution in [2.75, 3.05) is 11.8 Å². The second-order valence-electron chi connectivity index (χ2n) is 8.25. The number of ether oxygens (including phenoxy) is 2. The molecule has 0 radical (unpaired) electrons. The van der Waals surface area contributed by atoms with Crippen molar-refractivity contribution in [3.8, 4) is 28.3 Å². The van der Waals surface area contributed by atoms with Crippen LogP contribution in [0.15, 0.2) is 87.2 Å². The van der Waals surface area contributed by atoms with Gasteiger partial charge in [0, 0.05) is 29.1 Å². The fourth-order valence-electron chi connectivity index (χ4n) is 4.06. The first-order chi connectivity index (χ1) is 19.1. The number of nitrogens with one attached hydrogen (secondary N) is 1. The molecular formula is C26H17F4N3O6S. The number of nitrogens with zero attached hydrogens (tertiary/aromatic N) is 2. The molecule has 3 aromatic carbocycles. The lowest BCUT2D eigenvalue weighted by Crippen LogP contribution is -2.19. The number of halogens is 4. The third-order valence-corrected chi connectivity index (χ3v) is 7.17. The van der Waals surface area contributed by atoms with E-state index in [1.54, 1.807) is 0 Å². The van der Waals surface area contributed by atoms with E-state index >= 15 is 4.39 Å². The van der Waals surface area contributed by atoms with Crippen LogP contribution in [0, 0.1) is 11.6 Å². The molecule has 9 nitrogen and oxygen atoms in total. The molecule has 0 atom stereocenters. The number of methoxy groups -OCH3 is 1. The topological polar surface area (TPSA) is 113 Å². The predicted octanol–water partition coefficient (Wildman–Crippen LogP) is 5.33. The second kappa shape index (κ2) is 10.4. The first-order valence-electron chi connectivity index (χ1n) is 11.3. The van der Waals surface area contributed by atoms with Gasteiger partial charge in [0.05, 0.1) is 23.2 Å². The molecule has 0 aliphatic heterocycles. The minimum atomic E-state index is -4.06. The molecular weight excluding hydrogens is 558 g/mol. The van der Waals surface area contributed by atoms with Gasteiger partial charge in [-0.3, -0.25) is 14.1 Å². The molecule has 0 bridgehead atoms. The number of hydrogen-bond acceptors (Lipinski definition) is 7. The number of benzene rings is 3. The minimum Gasteiger partial charge on any atom is -0.495 e. The summed E-state index contributed by atoms with van der Waals surface area (Å²) in [5, 5.41) is 3.83. The summed E-state index contributed by atoms with van der Waals surface area (Å²) in [5.41, 5.74) is -0.502. The van der Waals surface area contributed by atoms with Crippen molar-refractivity contribution >= 4 is 26.7 Å². The lowest BCUT2D eigenvalue weighted by atomic mass is 10.0. The maximum atomic E-state index is 15.4. The van der Waals surface area contributed by atoms with Crippen LogP contribution >= 0.6 is 0 Å². The summed E-state index contributed by atoms with van der Waals surface area (Å²) in [7, 11) is -2.79. The van der Waals surface area contributed by atoms with Crippen LogP contribution in [0.4, 0.5) is 23.4 Å². The Labute approximate surface area is 223 Å². The Morgan fingerprint density at radius 1 is 0.950 bits per heavy atom. The summed E-state index contributed by atoms with van der Waals surface area (Å²) in [6.07, 6.45) is 1.20. The van der Waals surface area contributed by atoms with Gasteiger partial charge in [-0.2, -0.15) is 8.78 Å². The predicted molar refractivity (Wildman–Crippen MR) is 135 cm³/mol. The highest BCUT2D eigenvalue weighted by Gasteiger charge is 2.21. The molecule has 0 spiro atoms. The summed E-state index contributed by atoms with van der Waals surface area (Å²) in [5.74, 6) is -2.74. The third-order valence-electron chi connectivity index (χ3n) is 5.82. The van der Waals surface area contributed by atoms with Crippen molar-refractivity contribution < 1.29 is 40.0 Å². The van der Waals surface area contributed by atoms with Gasteiger partial charge in [-0.25, -0.2) is 17.2 Å². The number of pyridine rings is 1. The van der Waals surface area contributed by atoms with Crippen molar-refractivity contribution in [2.45, 2.75) is 11.5 Å². The van der Waals surface area contributed by atoms with E-state index in [1.165, 1.54) is 61.9 Å². The number of alkyl halides is 2. The van der Waals surface area contributed by atoms with Gasteiger partial charge in [-0.05, 0) is 48.0 Å². The van der Waals surface area contributed by atoms with E-state index in [-0.39, 0.29) is 38.8 Å². The maximum Gasteiger partial charge on any atom is 0.387 e. The molecule has 14 heteroatoms. The van der Waals surface area contributed by atoms with E-state index in [4.69, 9.17) is 4.74 Å². The zero-order valence-corrected chi connectivity index (χ0v) is 21.1. The Hall–Kier alpha value is -4.85. The standard InChI is InChI=1S/C26H17F4N3O6S/c1-37-23-12-17(14-2-5-18(27)22(11-14)39-26(29)30)19(28)13-21(23)33-20-6-4-16(10-15(20)3-7-25(33)34)40(35,36)32-24-8-9-38-31-24/h2-13,26H,1H3,(H,31,32). The van der Waals surface area contributed by atoms with Gasteiger partial charge in [-0.15, -0.1) is 0 Å². The molecule has 206 valence electrons. The maximum absolute atomic E-state index is 15.4. The molecule has 40 heavy (non-hydrogen) atoms. The largest absolute Gasteiger partial charge is 0.495 e. The van der Waals surface area contributed by atoms with E-state index < -0.39 is 39.6 Å². The molecule has 0 aliphatic rings. The summed E-state index contributed by atoms with van der Waals surface area (Å²) in [4.78, 5) is 12.8. The van der Waals surface area contributed by atoms with E-state index in [9.17, 15) is 26.4 Å². The Balaban J connectivity index is 1.61. The molecule has 0 fully saturated rings. The van der Waals surface area contributed by atoms with Gasteiger partial charge in [-0.1, -0.05) is 11.2 Å². The molecule has 0 aliphatic carbocycles. The fourth-order valence-corrected chi connectivity index (χ4v) is 5.09.